The van der Waals surface area contributed by atoms with Gasteiger partial charge in [0.05, 0.1) is 27.4 Å². The molecule has 1 aromatic carbocycles. The number of carbonyl (C=O) groups is 1. The molecule has 0 aliphatic rings. The van der Waals surface area contributed by atoms with E-state index in [-0.39, 0.29) is 12.0 Å². The number of esters is 1. The van der Waals surface area contributed by atoms with Crippen molar-refractivity contribution in [3.8, 4) is 0 Å². The van der Waals surface area contributed by atoms with Crippen molar-refractivity contribution in [2.45, 2.75) is 12.5 Å². The highest BCUT2D eigenvalue weighted by atomic mass is 16.5. The molecule has 0 radical (unpaired) electrons. The lowest BCUT2D eigenvalue weighted by Crippen LogP contribution is -2.50. The van der Waals surface area contributed by atoms with Crippen LogP contribution >= 0.6 is 0 Å². The summed E-state index contributed by atoms with van der Waals surface area (Å²) in [7, 11) is 5.30. The lowest BCUT2D eigenvalue weighted by atomic mass is 10.0. The summed E-state index contributed by atoms with van der Waals surface area (Å²) in [4.78, 5) is 11.8. The van der Waals surface area contributed by atoms with Crippen LogP contribution in [0.3, 0.4) is 0 Å². The van der Waals surface area contributed by atoms with Crippen molar-refractivity contribution in [1.82, 2.24) is 0 Å². The van der Waals surface area contributed by atoms with Gasteiger partial charge in [-0.1, -0.05) is 30.3 Å². The Hall–Kier alpha value is -1.61. The van der Waals surface area contributed by atoms with Crippen molar-refractivity contribution >= 4 is 5.97 Å². The zero-order valence-corrected chi connectivity index (χ0v) is 10.7. The molecular weight excluding hydrogens is 214 g/mol. The van der Waals surface area contributed by atoms with Crippen molar-refractivity contribution in [3.63, 3.8) is 0 Å². The molecule has 1 unspecified atom stereocenters. The number of likely N-dealkylation sites (N-methyl/N-ethyl adjacent to an activating group) is 1. The minimum atomic E-state index is -0.264. The van der Waals surface area contributed by atoms with Crippen LogP contribution in [0.1, 0.15) is 5.56 Å². The summed E-state index contributed by atoms with van der Waals surface area (Å²) in [5.41, 5.74) is 1.12. The Morgan fingerprint density at radius 3 is 2.47 bits per heavy atom. The van der Waals surface area contributed by atoms with Crippen LogP contribution in [0, 0.1) is 0 Å². The number of benzene rings is 1. The third-order valence-corrected chi connectivity index (χ3v) is 3.02. The molecule has 92 valence electrons. The van der Waals surface area contributed by atoms with Crippen LogP contribution in [-0.2, 0) is 16.0 Å². The quantitative estimate of drug-likeness (QED) is 0.575. The van der Waals surface area contributed by atoms with E-state index in [1.807, 2.05) is 44.4 Å². The molecule has 17 heavy (non-hydrogen) atoms. The molecule has 3 heteroatoms. The molecule has 0 bridgehead atoms. The van der Waals surface area contributed by atoms with E-state index in [4.69, 9.17) is 4.74 Å². The Kier molecular flexibility index (Phi) is 4.46. The lowest BCUT2D eigenvalue weighted by Gasteiger charge is -2.32. The van der Waals surface area contributed by atoms with E-state index in [2.05, 4.69) is 6.58 Å². The number of nitrogens with zero attached hydrogens (tertiary/aromatic N) is 1. The number of methoxy groups -OCH3 is 1. The van der Waals surface area contributed by atoms with Crippen molar-refractivity contribution < 1.29 is 14.0 Å². The Morgan fingerprint density at radius 2 is 2.00 bits per heavy atom. The van der Waals surface area contributed by atoms with E-state index in [0.717, 1.165) is 5.56 Å². The van der Waals surface area contributed by atoms with Crippen LogP contribution in [0.2, 0.25) is 0 Å². The predicted molar refractivity (Wildman–Crippen MR) is 68.3 cm³/mol. The molecule has 0 saturated heterocycles. The summed E-state index contributed by atoms with van der Waals surface area (Å²) < 4.78 is 5.27. The monoisotopic (exact) mass is 234 g/mol. The second kappa shape index (κ2) is 5.64. The molecule has 0 amide bonds. The first kappa shape index (κ1) is 13.5. The van der Waals surface area contributed by atoms with E-state index in [1.165, 1.54) is 7.11 Å². The van der Waals surface area contributed by atoms with Gasteiger partial charge in [0, 0.05) is 6.42 Å². The molecule has 1 rings (SSSR count). The standard InChI is InChI=1S/C14H20NO2/c1-5-15(2,3)13(14(16)17-4)11-12-9-7-6-8-10-12/h5-10,13H,1,11H2,2-4H3/q+1. The van der Waals surface area contributed by atoms with E-state index >= 15 is 0 Å². The number of rotatable bonds is 5. The Bertz CT molecular complexity index is 384. The van der Waals surface area contributed by atoms with Crippen LogP contribution in [0.5, 0.6) is 0 Å². The average molecular weight is 234 g/mol. The number of carbonyl (C=O) groups excluding carboxylic acids is 1. The van der Waals surface area contributed by atoms with E-state index in [1.54, 1.807) is 6.20 Å². The van der Waals surface area contributed by atoms with Gasteiger partial charge in [0.2, 0.25) is 0 Å². The fourth-order valence-corrected chi connectivity index (χ4v) is 1.69. The molecule has 1 aromatic rings. The van der Waals surface area contributed by atoms with Gasteiger partial charge in [-0.15, -0.1) is 0 Å². The molecule has 0 aliphatic heterocycles. The van der Waals surface area contributed by atoms with Crippen molar-refractivity contribution in [2.75, 3.05) is 21.2 Å². The molecular formula is C14H20NO2+. The van der Waals surface area contributed by atoms with Crippen molar-refractivity contribution in [1.29, 1.82) is 0 Å². The summed E-state index contributed by atoms with van der Waals surface area (Å²) in [6.07, 6.45) is 2.40. The second-order valence-electron chi connectivity index (χ2n) is 4.54. The third-order valence-electron chi connectivity index (χ3n) is 3.02. The van der Waals surface area contributed by atoms with E-state index in [0.29, 0.717) is 10.9 Å². The highest BCUT2D eigenvalue weighted by Gasteiger charge is 2.34. The average Bonchev–Trinajstić information content (AvgIpc) is 2.36. The number of hydrogen-bond donors (Lipinski definition) is 0. The van der Waals surface area contributed by atoms with Crippen LogP contribution in [-0.4, -0.2) is 37.7 Å². The first-order chi connectivity index (χ1) is 8.01. The maximum absolute atomic E-state index is 11.8. The highest BCUT2D eigenvalue weighted by molar-refractivity contribution is 5.74. The van der Waals surface area contributed by atoms with Gasteiger partial charge in [-0.2, -0.15) is 0 Å². The van der Waals surface area contributed by atoms with Gasteiger partial charge >= 0.3 is 5.97 Å². The SMILES string of the molecule is C=C[N+](C)(C)C(Cc1ccccc1)C(=O)OC. The zero-order valence-electron chi connectivity index (χ0n) is 10.7. The normalized spacial score (nSPS) is 12.9. The zero-order chi connectivity index (χ0) is 12.9. The highest BCUT2D eigenvalue weighted by Crippen LogP contribution is 2.15. The van der Waals surface area contributed by atoms with Gasteiger partial charge in [0.1, 0.15) is 0 Å². The van der Waals surface area contributed by atoms with Crippen molar-refractivity contribution in [2.24, 2.45) is 0 Å². The molecule has 0 heterocycles. The number of hydrogen-bond acceptors (Lipinski definition) is 2. The largest absolute Gasteiger partial charge is 0.465 e. The Balaban J connectivity index is 2.93. The fourth-order valence-electron chi connectivity index (χ4n) is 1.69. The van der Waals surface area contributed by atoms with E-state index in [9.17, 15) is 4.79 Å². The molecule has 0 saturated carbocycles. The smallest absolute Gasteiger partial charge is 0.365 e. The first-order valence-corrected chi connectivity index (χ1v) is 5.60. The molecule has 0 N–H and O–H groups in total. The Morgan fingerprint density at radius 1 is 1.41 bits per heavy atom. The fraction of sp³-hybridized carbons (Fsp3) is 0.357. The molecule has 1 atom stereocenters. The van der Waals surface area contributed by atoms with Gasteiger partial charge in [0.15, 0.2) is 6.04 Å². The van der Waals surface area contributed by atoms with Crippen LogP contribution < -0.4 is 0 Å². The summed E-state index contributed by atoms with van der Waals surface area (Å²) in [5.74, 6) is -0.209. The first-order valence-electron chi connectivity index (χ1n) is 5.60. The topological polar surface area (TPSA) is 26.3 Å². The van der Waals surface area contributed by atoms with Gasteiger partial charge in [0.25, 0.3) is 0 Å². The molecule has 0 aliphatic carbocycles. The summed E-state index contributed by atoms with van der Waals surface area (Å²) in [6, 6.07) is 9.66. The maximum atomic E-state index is 11.8. The van der Waals surface area contributed by atoms with E-state index < -0.39 is 0 Å². The molecule has 3 nitrogen and oxygen atoms in total. The minimum Gasteiger partial charge on any atom is -0.465 e. The van der Waals surface area contributed by atoms with Gasteiger partial charge < -0.3 is 4.74 Å². The van der Waals surface area contributed by atoms with Crippen molar-refractivity contribution in [3.05, 3.63) is 48.7 Å². The summed E-state index contributed by atoms with van der Waals surface area (Å²) >= 11 is 0. The number of ether oxygens (including phenoxy) is 1. The van der Waals surface area contributed by atoms with Crippen LogP contribution in [0.25, 0.3) is 0 Å². The molecule has 0 aromatic heterocycles. The summed E-state index contributed by atoms with van der Waals surface area (Å²) in [6.45, 7) is 3.78. The molecule has 0 fully saturated rings. The predicted octanol–water partition coefficient (Wildman–Crippen LogP) is 1.99. The second-order valence-corrected chi connectivity index (χ2v) is 4.54. The third kappa shape index (κ3) is 3.43. The van der Waals surface area contributed by atoms with Crippen LogP contribution in [0.15, 0.2) is 43.1 Å². The summed E-state index contributed by atoms with van der Waals surface area (Å²) in [5, 5.41) is 0. The Labute approximate surface area is 103 Å². The lowest BCUT2D eigenvalue weighted by molar-refractivity contribution is -0.856. The van der Waals surface area contributed by atoms with Gasteiger partial charge in [-0.05, 0) is 12.1 Å². The molecule has 0 spiro atoms. The van der Waals surface area contributed by atoms with Crippen LogP contribution in [0.4, 0.5) is 0 Å². The van der Waals surface area contributed by atoms with Gasteiger partial charge in [-0.3, -0.25) is 4.48 Å². The number of quaternary nitrogens is 1. The van der Waals surface area contributed by atoms with Gasteiger partial charge in [-0.25, -0.2) is 4.79 Å². The maximum Gasteiger partial charge on any atom is 0.365 e. The minimum absolute atomic E-state index is 0.209.